The number of rotatable bonds is 0. The Morgan fingerprint density at radius 2 is 1.59 bits per heavy atom. The summed E-state index contributed by atoms with van der Waals surface area (Å²) in [5, 5.41) is 0. The molecule has 5 unspecified atom stereocenters. The minimum absolute atomic E-state index is 0.123. The number of hydrogen-bond acceptors (Lipinski definition) is 2. The van der Waals surface area contributed by atoms with Crippen LogP contribution in [0.4, 0.5) is 0 Å². The molecule has 4 aliphatic carbocycles. The molecule has 0 aromatic carbocycles. The largest absolute Gasteiger partial charge is 0.349 e. The van der Waals surface area contributed by atoms with E-state index in [1.807, 2.05) is 0 Å². The Kier molecular flexibility index (Phi) is 1.68. The molecule has 2 nitrogen and oxygen atoms in total. The number of fused-ring (bicyclic) bond motifs is 4. The Labute approximate surface area is 103 Å². The lowest BCUT2D eigenvalue weighted by molar-refractivity contribution is -0.294. The molecular weight excluding hydrogens is 212 g/mol. The van der Waals surface area contributed by atoms with E-state index >= 15 is 0 Å². The van der Waals surface area contributed by atoms with Gasteiger partial charge in [-0.3, -0.25) is 0 Å². The maximum Gasteiger partial charge on any atom is 0.174 e. The van der Waals surface area contributed by atoms with Gasteiger partial charge in [0.25, 0.3) is 0 Å². The van der Waals surface area contributed by atoms with E-state index in [0.29, 0.717) is 5.41 Å². The van der Waals surface area contributed by atoms with Crippen LogP contribution < -0.4 is 0 Å². The van der Waals surface area contributed by atoms with Gasteiger partial charge in [0.05, 0.1) is 13.2 Å². The highest BCUT2D eigenvalue weighted by Crippen LogP contribution is 2.79. The van der Waals surface area contributed by atoms with Crippen molar-refractivity contribution in [3.8, 4) is 0 Å². The SMILES string of the molecule is C1CCOC2(OC1)C1CC3CC4CC2C4(C3)C1. The highest BCUT2D eigenvalue weighted by molar-refractivity contribution is 5.22. The van der Waals surface area contributed by atoms with E-state index in [1.54, 1.807) is 0 Å². The van der Waals surface area contributed by atoms with E-state index in [2.05, 4.69) is 0 Å². The van der Waals surface area contributed by atoms with E-state index < -0.39 is 0 Å². The summed E-state index contributed by atoms with van der Waals surface area (Å²) in [7, 11) is 0. The summed E-state index contributed by atoms with van der Waals surface area (Å²) in [6.45, 7) is 1.89. The fourth-order valence-electron chi connectivity index (χ4n) is 6.36. The molecule has 0 radical (unpaired) electrons. The van der Waals surface area contributed by atoms with Crippen LogP contribution in [0.3, 0.4) is 0 Å². The minimum atomic E-state index is -0.123. The molecule has 3 bridgehead atoms. The van der Waals surface area contributed by atoms with Gasteiger partial charge in [-0.05, 0) is 62.2 Å². The van der Waals surface area contributed by atoms with Gasteiger partial charge in [-0.25, -0.2) is 0 Å². The second kappa shape index (κ2) is 2.91. The molecule has 0 aromatic heterocycles. The topological polar surface area (TPSA) is 18.5 Å². The van der Waals surface area contributed by atoms with Crippen molar-refractivity contribution in [1.29, 1.82) is 0 Å². The van der Waals surface area contributed by atoms with Crippen LogP contribution in [-0.4, -0.2) is 19.0 Å². The first-order chi connectivity index (χ1) is 8.33. The molecule has 17 heavy (non-hydrogen) atoms. The maximum absolute atomic E-state index is 6.34. The molecule has 1 aliphatic heterocycles. The second-order valence-corrected chi connectivity index (χ2v) is 7.29. The van der Waals surface area contributed by atoms with Crippen molar-refractivity contribution < 1.29 is 9.47 Å². The molecule has 5 aliphatic rings. The van der Waals surface area contributed by atoms with Gasteiger partial charge in [-0.15, -0.1) is 0 Å². The molecule has 1 heterocycles. The highest BCUT2D eigenvalue weighted by atomic mass is 16.7. The maximum atomic E-state index is 6.34. The standard InChI is InChI=1S/C15H22O2/c1-2-4-17-15(16-3-1)12-6-10-5-11-7-13(15)14(11,8-10)9-12/h10-13H,1-9H2. The van der Waals surface area contributed by atoms with Crippen LogP contribution in [0.25, 0.3) is 0 Å². The predicted molar refractivity (Wildman–Crippen MR) is 63.3 cm³/mol. The molecule has 0 N–H and O–H groups in total. The van der Waals surface area contributed by atoms with Crippen LogP contribution >= 0.6 is 0 Å². The van der Waals surface area contributed by atoms with E-state index in [-0.39, 0.29) is 5.79 Å². The van der Waals surface area contributed by atoms with E-state index in [0.717, 1.165) is 36.9 Å². The van der Waals surface area contributed by atoms with Crippen molar-refractivity contribution in [2.24, 2.45) is 29.1 Å². The fraction of sp³-hybridized carbons (Fsp3) is 1.00. The third-order valence-corrected chi connectivity index (χ3v) is 6.81. The number of hydrogen-bond donors (Lipinski definition) is 0. The summed E-state index contributed by atoms with van der Waals surface area (Å²) in [6, 6.07) is 0. The molecule has 5 fully saturated rings. The van der Waals surface area contributed by atoms with Crippen LogP contribution in [0.1, 0.15) is 44.9 Å². The molecular formula is C15H22O2. The average Bonchev–Trinajstić information content (AvgIpc) is 2.59. The van der Waals surface area contributed by atoms with Gasteiger partial charge >= 0.3 is 0 Å². The normalized spacial score (nSPS) is 57.9. The quantitative estimate of drug-likeness (QED) is 0.641. The summed E-state index contributed by atoms with van der Waals surface area (Å²) < 4.78 is 12.7. The van der Waals surface area contributed by atoms with Crippen LogP contribution in [0, 0.1) is 29.1 Å². The smallest absolute Gasteiger partial charge is 0.174 e. The molecule has 5 rings (SSSR count). The van der Waals surface area contributed by atoms with Gasteiger partial charge in [-0.2, -0.15) is 0 Å². The Hall–Kier alpha value is -0.0800. The fourth-order valence-corrected chi connectivity index (χ4v) is 6.36. The van der Waals surface area contributed by atoms with E-state index in [4.69, 9.17) is 9.47 Å². The van der Waals surface area contributed by atoms with Crippen molar-refractivity contribution in [2.45, 2.75) is 50.7 Å². The lowest BCUT2D eigenvalue weighted by atomic mass is 9.55. The van der Waals surface area contributed by atoms with Gasteiger partial charge in [0.1, 0.15) is 0 Å². The summed E-state index contributed by atoms with van der Waals surface area (Å²) in [6.07, 6.45) is 9.67. The molecule has 0 aromatic rings. The van der Waals surface area contributed by atoms with Crippen molar-refractivity contribution in [3.63, 3.8) is 0 Å². The Bertz CT molecular complexity index is 358. The summed E-state index contributed by atoms with van der Waals surface area (Å²) in [5.74, 6) is 3.42. The zero-order valence-corrected chi connectivity index (χ0v) is 10.5. The molecule has 5 atom stereocenters. The Balaban J connectivity index is 1.59. The van der Waals surface area contributed by atoms with Gasteiger partial charge in [-0.1, -0.05) is 0 Å². The van der Waals surface area contributed by atoms with E-state index in [9.17, 15) is 0 Å². The first kappa shape index (κ1) is 9.80. The second-order valence-electron chi connectivity index (χ2n) is 7.29. The highest BCUT2D eigenvalue weighted by Gasteiger charge is 2.76. The Morgan fingerprint density at radius 3 is 2.41 bits per heavy atom. The van der Waals surface area contributed by atoms with Crippen molar-refractivity contribution in [2.75, 3.05) is 13.2 Å². The predicted octanol–water partition coefficient (Wildman–Crippen LogP) is 2.97. The molecule has 2 heteroatoms. The number of ether oxygens (including phenoxy) is 2. The monoisotopic (exact) mass is 234 g/mol. The molecule has 4 saturated carbocycles. The average molecular weight is 234 g/mol. The molecule has 1 saturated heterocycles. The first-order valence-electron chi connectivity index (χ1n) is 7.61. The zero-order chi connectivity index (χ0) is 11.1. The third-order valence-electron chi connectivity index (χ3n) is 6.81. The van der Waals surface area contributed by atoms with Crippen LogP contribution in [0.5, 0.6) is 0 Å². The van der Waals surface area contributed by atoms with Crippen molar-refractivity contribution in [1.82, 2.24) is 0 Å². The first-order valence-corrected chi connectivity index (χ1v) is 7.61. The van der Waals surface area contributed by atoms with Crippen molar-refractivity contribution in [3.05, 3.63) is 0 Å². The summed E-state index contributed by atoms with van der Waals surface area (Å²) in [4.78, 5) is 0. The molecule has 0 amide bonds. The van der Waals surface area contributed by atoms with Gasteiger partial charge in [0.15, 0.2) is 5.79 Å². The van der Waals surface area contributed by atoms with Crippen LogP contribution in [0.2, 0.25) is 0 Å². The minimum Gasteiger partial charge on any atom is -0.349 e. The zero-order valence-electron chi connectivity index (χ0n) is 10.5. The van der Waals surface area contributed by atoms with Crippen LogP contribution in [-0.2, 0) is 9.47 Å². The van der Waals surface area contributed by atoms with E-state index in [1.165, 1.54) is 44.9 Å². The van der Waals surface area contributed by atoms with Crippen LogP contribution in [0.15, 0.2) is 0 Å². The molecule has 94 valence electrons. The van der Waals surface area contributed by atoms with Gasteiger partial charge < -0.3 is 9.47 Å². The van der Waals surface area contributed by atoms with Gasteiger partial charge in [0, 0.05) is 11.8 Å². The Morgan fingerprint density at radius 1 is 0.824 bits per heavy atom. The lowest BCUT2D eigenvalue weighted by Gasteiger charge is -2.53. The lowest BCUT2D eigenvalue weighted by Crippen LogP contribution is -2.54. The summed E-state index contributed by atoms with van der Waals surface area (Å²) in [5.41, 5.74) is 0.678. The summed E-state index contributed by atoms with van der Waals surface area (Å²) >= 11 is 0. The molecule has 2 spiro atoms. The third kappa shape index (κ3) is 0.952. The van der Waals surface area contributed by atoms with Gasteiger partial charge in [0.2, 0.25) is 0 Å². The van der Waals surface area contributed by atoms with Crippen molar-refractivity contribution >= 4 is 0 Å².